The topological polar surface area (TPSA) is 55.8 Å². The van der Waals surface area contributed by atoms with E-state index in [1.54, 1.807) is 0 Å². The molecule has 1 rings (SSSR count). The van der Waals surface area contributed by atoms with E-state index in [0.717, 1.165) is 0 Å². The number of rotatable bonds is 1. The summed E-state index contributed by atoms with van der Waals surface area (Å²) in [6, 6.07) is 0. The molecule has 0 radical (unpaired) electrons. The Hall–Kier alpha value is 0.110. The highest BCUT2D eigenvalue weighted by atomic mass is 31.2. The monoisotopic (exact) mass is 180 g/mol. The molecule has 0 aliphatic carbocycles. The van der Waals surface area contributed by atoms with Gasteiger partial charge in [0.25, 0.3) is 0 Å². The molecule has 0 saturated carbocycles. The summed E-state index contributed by atoms with van der Waals surface area (Å²) in [6.07, 6.45) is 0. The van der Waals surface area contributed by atoms with Crippen LogP contribution >= 0.6 is 7.60 Å². The van der Waals surface area contributed by atoms with Crippen molar-refractivity contribution in [1.29, 1.82) is 0 Å². The Morgan fingerprint density at radius 3 is 2.36 bits per heavy atom. The summed E-state index contributed by atoms with van der Waals surface area (Å²) in [7, 11) is -2.79. The largest absolute Gasteiger partial charge is 0.396 e. The van der Waals surface area contributed by atoms with E-state index in [1.807, 2.05) is 6.92 Å². The van der Waals surface area contributed by atoms with Gasteiger partial charge >= 0.3 is 7.60 Å². The molecule has 0 atom stereocenters. The van der Waals surface area contributed by atoms with Gasteiger partial charge in [-0.05, 0) is 0 Å². The smallest absolute Gasteiger partial charge is 0.327 e. The third kappa shape index (κ3) is 2.27. The van der Waals surface area contributed by atoms with Crippen LogP contribution in [0.3, 0.4) is 0 Å². The lowest BCUT2D eigenvalue weighted by molar-refractivity contribution is -0.00635. The highest BCUT2D eigenvalue weighted by molar-refractivity contribution is 7.53. The van der Waals surface area contributed by atoms with Gasteiger partial charge in [-0.15, -0.1) is 0 Å². The minimum atomic E-state index is -2.79. The van der Waals surface area contributed by atoms with Crippen LogP contribution in [0.5, 0.6) is 0 Å². The molecule has 1 aliphatic rings. The number of aliphatic hydroxyl groups excluding tert-OH is 1. The van der Waals surface area contributed by atoms with Crippen molar-refractivity contribution in [3.05, 3.63) is 0 Å². The maximum atomic E-state index is 11.1. The van der Waals surface area contributed by atoms with Crippen molar-refractivity contribution >= 4 is 7.60 Å². The van der Waals surface area contributed by atoms with E-state index in [1.165, 1.54) is 6.66 Å². The summed E-state index contributed by atoms with van der Waals surface area (Å²) in [5, 5.41) is 8.87. The molecule has 1 saturated heterocycles. The first-order chi connectivity index (χ1) is 4.97. The van der Waals surface area contributed by atoms with Gasteiger partial charge in [-0.3, -0.25) is 4.57 Å². The molecular formula is C6H13O4P. The van der Waals surface area contributed by atoms with Crippen LogP contribution < -0.4 is 0 Å². The molecule has 1 heterocycles. The average Bonchev–Trinajstić information content (AvgIpc) is 1.97. The van der Waals surface area contributed by atoms with Gasteiger partial charge in [0.05, 0.1) is 19.8 Å². The van der Waals surface area contributed by atoms with E-state index in [4.69, 9.17) is 14.2 Å². The molecule has 0 bridgehead atoms. The summed E-state index contributed by atoms with van der Waals surface area (Å²) in [5.41, 5.74) is -0.385. The quantitative estimate of drug-likeness (QED) is 0.608. The first-order valence-electron chi connectivity index (χ1n) is 3.45. The summed E-state index contributed by atoms with van der Waals surface area (Å²) < 4.78 is 21.0. The first kappa shape index (κ1) is 9.20. The Kier molecular flexibility index (Phi) is 2.40. The van der Waals surface area contributed by atoms with Crippen LogP contribution in [0.4, 0.5) is 0 Å². The van der Waals surface area contributed by atoms with Crippen LogP contribution in [0, 0.1) is 5.41 Å². The lowest BCUT2D eigenvalue weighted by Crippen LogP contribution is -2.35. The Morgan fingerprint density at radius 2 is 2.00 bits per heavy atom. The molecule has 0 aromatic carbocycles. The molecule has 1 N–H and O–H groups in total. The molecule has 66 valence electrons. The maximum Gasteiger partial charge on any atom is 0.327 e. The van der Waals surface area contributed by atoms with Crippen LogP contribution in [0.1, 0.15) is 6.92 Å². The van der Waals surface area contributed by atoms with Crippen molar-refractivity contribution < 1.29 is 18.7 Å². The SMILES string of the molecule is CC1(CO)COP(C)(=O)OC1. The second-order valence-corrected chi connectivity index (χ2v) is 5.35. The van der Waals surface area contributed by atoms with Crippen LogP contribution in [-0.4, -0.2) is 31.6 Å². The minimum Gasteiger partial charge on any atom is -0.396 e. The summed E-state index contributed by atoms with van der Waals surface area (Å²) >= 11 is 0. The lowest BCUT2D eigenvalue weighted by Gasteiger charge is -2.33. The van der Waals surface area contributed by atoms with E-state index in [0.29, 0.717) is 13.2 Å². The molecule has 0 aromatic rings. The van der Waals surface area contributed by atoms with Gasteiger partial charge in [0, 0.05) is 12.1 Å². The Morgan fingerprint density at radius 1 is 1.55 bits per heavy atom. The van der Waals surface area contributed by atoms with Crippen molar-refractivity contribution in [3.8, 4) is 0 Å². The van der Waals surface area contributed by atoms with Crippen LogP contribution in [0.15, 0.2) is 0 Å². The van der Waals surface area contributed by atoms with E-state index in [9.17, 15) is 4.57 Å². The van der Waals surface area contributed by atoms with Gasteiger partial charge in [-0.2, -0.15) is 0 Å². The third-order valence-corrected chi connectivity index (χ3v) is 2.87. The van der Waals surface area contributed by atoms with Gasteiger partial charge < -0.3 is 14.2 Å². The van der Waals surface area contributed by atoms with E-state index in [2.05, 4.69) is 0 Å². The Balaban J connectivity index is 2.54. The second-order valence-electron chi connectivity index (χ2n) is 3.29. The molecule has 0 amide bonds. The molecule has 1 aliphatic heterocycles. The number of aliphatic hydroxyl groups is 1. The zero-order valence-electron chi connectivity index (χ0n) is 6.74. The molecule has 11 heavy (non-hydrogen) atoms. The van der Waals surface area contributed by atoms with E-state index in [-0.39, 0.29) is 12.0 Å². The van der Waals surface area contributed by atoms with Crippen molar-refractivity contribution in [2.75, 3.05) is 26.5 Å². The molecule has 0 aromatic heterocycles. The summed E-state index contributed by atoms with van der Waals surface area (Å²) in [6.45, 7) is 3.86. The zero-order chi connectivity index (χ0) is 8.54. The molecule has 1 fully saturated rings. The normalized spacial score (nSPS) is 45.7. The second kappa shape index (κ2) is 2.87. The van der Waals surface area contributed by atoms with Crippen molar-refractivity contribution in [2.45, 2.75) is 6.92 Å². The molecule has 0 spiro atoms. The fourth-order valence-electron chi connectivity index (χ4n) is 0.716. The lowest BCUT2D eigenvalue weighted by atomic mass is 9.95. The van der Waals surface area contributed by atoms with Crippen molar-refractivity contribution in [2.24, 2.45) is 5.41 Å². The van der Waals surface area contributed by atoms with Crippen molar-refractivity contribution in [3.63, 3.8) is 0 Å². The first-order valence-corrected chi connectivity index (χ1v) is 5.44. The maximum absolute atomic E-state index is 11.1. The van der Waals surface area contributed by atoms with Gasteiger partial charge in [0.2, 0.25) is 0 Å². The number of hydrogen-bond acceptors (Lipinski definition) is 4. The number of hydrogen-bond donors (Lipinski definition) is 1. The summed E-state index contributed by atoms with van der Waals surface area (Å²) in [5.74, 6) is 0. The van der Waals surface area contributed by atoms with Crippen LogP contribution in [0.2, 0.25) is 0 Å². The van der Waals surface area contributed by atoms with Gasteiger partial charge in [-0.25, -0.2) is 0 Å². The summed E-state index contributed by atoms with van der Waals surface area (Å²) in [4.78, 5) is 0. The third-order valence-electron chi connectivity index (χ3n) is 1.68. The molecule has 4 nitrogen and oxygen atoms in total. The standard InChI is InChI=1S/C6H13O4P/c1-6(3-7)4-9-11(2,8)10-5-6/h7H,3-5H2,1-2H3. The predicted octanol–water partition coefficient (Wildman–Crippen LogP) is 0.855. The Labute approximate surface area is 66.0 Å². The molecular weight excluding hydrogens is 167 g/mol. The fourth-order valence-corrected chi connectivity index (χ4v) is 1.88. The van der Waals surface area contributed by atoms with E-state index >= 15 is 0 Å². The van der Waals surface area contributed by atoms with Gasteiger partial charge in [-0.1, -0.05) is 6.92 Å². The highest BCUT2D eigenvalue weighted by Crippen LogP contribution is 2.49. The van der Waals surface area contributed by atoms with Gasteiger partial charge in [0.15, 0.2) is 0 Å². The fraction of sp³-hybridized carbons (Fsp3) is 1.00. The zero-order valence-corrected chi connectivity index (χ0v) is 7.63. The Bertz CT molecular complexity index is 179. The van der Waals surface area contributed by atoms with Crippen LogP contribution in [-0.2, 0) is 13.6 Å². The predicted molar refractivity (Wildman–Crippen MR) is 40.6 cm³/mol. The molecule has 0 unspecified atom stereocenters. The van der Waals surface area contributed by atoms with Crippen LogP contribution in [0.25, 0.3) is 0 Å². The highest BCUT2D eigenvalue weighted by Gasteiger charge is 2.35. The average molecular weight is 180 g/mol. The minimum absolute atomic E-state index is 0.00694. The molecule has 5 heteroatoms. The van der Waals surface area contributed by atoms with Gasteiger partial charge in [0.1, 0.15) is 0 Å². The van der Waals surface area contributed by atoms with Crippen molar-refractivity contribution in [1.82, 2.24) is 0 Å². The van der Waals surface area contributed by atoms with E-state index < -0.39 is 7.60 Å².